The van der Waals surface area contributed by atoms with E-state index < -0.39 is 10.0 Å². The van der Waals surface area contributed by atoms with Gasteiger partial charge in [-0.1, -0.05) is 25.1 Å². The Bertz CT molecular complexity index is 708. The quantitative estimate of drug-likeness (QED) is 0.853. The van der Waals surface area contributed by atoms with Gasteiger partial charge in [0.2, 0.25) is 0 Å². The largest absolute Gasteiger partial charge is 0.265 e. The van der Waals surface area contributed by atoms with Crippen molar-refractivity contribution in [1.29, 1.82) is 0 Å². The molecule has 0 spiro atoms. The van der Waals surface area contributed by atoms with Crippen LogP contribution in [0.2, 0.25) is 0 Å². The molecule has 1 aliphatic rings. The molecule has 1 heterocycles. The Morgan fingerprint density at radius 2 is 1.86 bits per heavy atom. The van der Waals surface area contributed by atoms with Gasteiger partial charge in [0.05, 0.1) is 4.90 Å². The van der Waals surface area contributed by atoms with Crippen LogP contribution in [-0.2, 0) is 16.4 Å². The van der Waals surface area contributed by atoms with Crippen LogP contribution in [0.1, 0.15) is 25.3 Å². The number of hydrogen-bond acceptors (Lipinski definition) is 3. The van der Waals surface area contributed by atoms with E-state index in [9.17, 15) is 8.42 Å². The summed E-state index contributed by atoms with van der Waals surface area (Å²) in [5, 5.41) is 0. The van der Waals surface area contributed by atoms with E-state index in [2.05, 4.69) is 4.98 Å². The fourth-order valence-electron chi connectivity index (χ4n) is 2.31. The zero-order chi connectivity index (χ0) is 14.9. The van der Waals surface area contributed by atoms with Gasteiger partial charge in [0, 0.05) is 12.2 Å². The predicted molar refractivity (Wildman–Crippen MR) is 82.7 cm³/mol. The van der Waals surface area contributed by atoms with Crippen molar-refractivity contribution in [2.75, 3.05) is 4.31 Å². The monoisotopic (exact) mass is 302 g/mol. The van der Waals surface area contributed by atoms with E-state index in [0.717, 1.165) is 24.8 Å². The first-order chi connectivity index (χ1) is 10.1. The average molecular weight is 302 g/mol. The Hall–Kier alpha value is -1.88. The summed E-state index contributed by atoms with van der Waals surface area (Å²) < 4.78 is 27.3. The fourth-order valence-corrected chi connectivity index (χ4v) is 3.98. The molecule has 0 aliphatic heterocycles. The Kier molecular flexibility index (Phi) is 3.68. The number of rotatable bonds is 5. The summed E-state index contributed by atoms with van der Waals surface area (Å²) in [5.41, 5.74) is 1.13. The lowest BCUT2D eigenvalue weighted by atomic mass is 10.2. The lowest BCUT2D eigenvalue weighted by Gasteiger charge is -2.23. The lowest BCUT2D eigenvalue weighted by Crippen LogP contribution is -2.33. The number of aromatic nitrogens is 1. The summed E-state index contributed by atoms with van der Waals surface area (Å²) in [5.74, 6) is 0.500. The highest BCUT2D eigenvalue weighted by molar-refractivity contribution is 7.92. The molecule has 1 fully saturated rings. The Labute approximate surface area is 125 Å². The maximum atomic E-state index is 12.9. The molecular weight excluding hydrogens is 284 g/mol. The molecule has 4 nitrogen and oxygen atoms in total. The minimum Gasteiger partial charge on any atom is -0.247 e. The van der Waals surface area contributed by atoms with E-state index in [4.69, 9.17) is 0 Å². The molecule has 3 rings (SSSR count). The minimum absolute atomic E-state index is 0.0377. The smallest absolute Gasteiger partial charge is 0.247 e. The van der Waals surface area contributed by atoms with Crippen LogP contribution in [0, 0.1) is 0 Å². The summed E-state index contributed by atoms with van der Waals surface area (Å²) in [4.78, 5) is 4.54. The molecule has 0 N–H and O–H groups in total. The van der Waals surface area contributed by atoms with Gasteiger partial charge >= 0.3 is 0 Å². The maximum absolute atomic E-state index is 12.9. The first kappa shape index (κ1) is 14.1. The minimum atomic E-state index is -3.55. The normalized spacial score (nSPS) is 14.9. The summed E-state index contributed by atoms with van der Waals surface area (Å²) in [6.07, 6.45) is 4.30. The number of benzene rings is 1. The van der Waals surface area contributed by atoms with Gasteiger partial charge < -0.3 is 0 Å². The first-order valence-electron chi connectivity index (χ1n) is 7.17. The number of aryl methyl sites for hydroxylation is 1. The van der Waals surface area contributed by atoms with Gasteiger partial charge in [-0.3, -0.25) is 0 Å². The summed E-state index contributed by atoms with van der Waals surface area (Å²) in [7, 11) is -3.55. The molecule has 21 heavy (non-hydrogen) atoms. The molecule has 1 aromatic carbocycles. The van der Waals surface area contributed by atoms with Crippen LogP contribution in [0.5, 0.6) is 0 Å². The van der Waals surface area contributed by atoms with Gasteiger partial charge in [-0.2, -0.15) is 0 Å². The van der Waals surface area contributed by atoms with E-state index in [0.29, 0.717) is 10.7 Å². The standard InChI is InChI=1S/C16H18N2O2S/c1-2-13-6-10-15(11-7-13)21(19,20)18(14-8-9-14)16-5-3-4-12-17-16/h3-7,10-12,14H,2,8-9H2,1H3. The molecule has 0 bridgehead atoms. The molecule has 0 amide bonds. The van der Waals surface area contributed by atoms with Crippen LogP contribution in [0.15, 0.2) is 53.6 Å². The maximum Gasteiger partial charge on any atom is 0.265 e. The van der Waals surface area contributed by atoms with Gasteiger partial charge in [-0.05, 0) is 49.1 Å². The predicted octanol–water partition coefficient (Wildman–Crippen LogP) is 3.00. The number of anilines is 1. The zero-order valence-electron chi connectivity index (χ0n) is 11.9. The second-order valence-corrected chi connectivity index (χ2v) is 7.03. The van der Waals surface area contributed by atoms with Crippen LogP contribution in [0.4, 0.5) is 5.82 Å². The second-order valence-electron chi connectivity index (χ2n) is 5.22. The van der Waals surface area contributed by atoms with Gasteiger partial charge in [-0.25, -0.2) is 17.7 Å². The molecule has 2 aromatic rings. The van der Waals surface area contributed by atoms with E-state index in [-0.39, 0.29) is 6.04 Å². The van der Waals surface area contributed by atoms with Crippen molar-refractivity contribution in [2.24, 2.45) is 0 Å². The van der Waals surface area contributed by atoms with Crippen LogP contribution in [-0.4, -0.2) is 19.4 Å². The van der Waals surface area contributed by atoms with Crippen molar-refractivity contribution in [2.45, 2.75) is 37.1 Å². The topological polar surface area (TPSA) is 50.3 Å². The highest BCUT2D eigenvalue weighted by Crippen LogP contribution is 2.35. The SMILES string of the molecule is CCc1ccc(S(=O)(=O)N(c2ccccn2)C2CC2)cc1. The number of sulfonamides is 1. The van der Waals surface area contributed by atoms with Crippen molar-refractivity contribution < 1.29 is 8.42 Å². The van der Waals surface area contributed by atoms with E-state index in [1.165, 1.54) is 4.31 Å². The highest BCUT2D eigenvalue weighted by atomic mass is 32.2. The molecule has 1 aromatic heterocycles. The van der Waals surface area contributed by atoms with Crippen molar-refractivity contribution in [3.05, 3.63) is 54.2 Å². The molecule has 5 heteroatoms. The van der Waals surface area contributed by atoms with Gasteiger partial charge in [-0.15, -0.1) is 0 Å². The Balaban J connectivity index is 2.01. The Morgan fingerprint density at radius 3 is 2.38 bits per heavy atom. The van der Waals surface area contributed by atoms with Gasteiger partial charge in [0.25, 0.3) is 10.0 Å². The molecule has 0 atom stereocenters. The fraction of sp³-hybridized carbons (Fsp3) is 0.312. The molecule has 1 saturated carbocycles. The highest BCUT2D eigenvalue weighted by Gasteiger charge is 2.38. The number of pyridine rings is 1. The molecule has 110 valence electrons. The van der Waals surface area contributed by atoms with Crippen molar-refractivity contribution in [1.82, 2.24) is 4.98 Å². The van der Waals surface area contributed by atoms with E-state index >= 15 is 0 Å². The van der Waals surface area contributed by atoms with Crippen LogP contribution < -0.4 is 4.31 Å². The summed E-state index contributed by atoms with van der Waals surface area (Å²) >= 11 is 0. The van der Waals surface area contributed by atoms with Crippen LogP contribution in [0.3, 0.4) is 0 Å². The van der Waals surface area contributed by atoms with E-state index in [1.54, 1.807) is 30.5 Å². The molecule has 1 aliphatic carbocycles. The van der Waals surface area contributed by atoms with Crippen LogP contribution in [0.25, 0.3) is 0 Å². The van der Waals surface area contributed by atoms with Crippen molar-refractivity contribution in [3.8, 4) is 0 Å². The molecule has 0 radical (unpaired) electrons. The Morgan fingerprint density at radius 1 is 1.14 bits per heavy atom. The molecule has 0 saturated heterocycles. The zero-order valence-corrected chi connectivity index (χ0v) is 12.8. The average Bonchev–Trinajstić information content (AvgIpc) is 3.33. The first-order valence-corrected chi connectivity index (χ1v) is 8.61. The van der Waals surface area contributed by atoms with Crippen molar-refractivity contribution >= 4 is 15.8 Å². The van der Waals surface area contributed by atoms with Crippen LogP contribution >= 0.6 is 0 Å². The van der Waals surface area contributed by atoms with Crippen molar-refractivity contribution in [3.63, 3.8) is 0 Å². The second kappa shape index (κ2) is 5.48. The van der Waals surface area contributed by atoms with Gasteiger partial charge in [0.1, 0.15) is 5.82 Å². The molecular formula is C16H18N2O2S. The summed E-state index contributed by atoms with van der Waals surface area (Å²) in [6.45, 7) is 2.05. The third kappa shape index (κ3) is 2.78. The van der Waals surface area contributed by atoms with Gasteiger partial charge in [0.15, 0.2) is 0 Å². The third-order valence-corrected chi connectivity index (χ3v) is 5.51. The number of hydrogen-bond donors (Lipinski definition) is 0. The summed E-state index contributed by atoms with van der Waals surface area (Å²) in [6, 6.07) is 12.5. The number of nitrogens with zero attached hydrogens (tertiary/aromatic N) is 2. The molecule has 0 unspecified atom stereocenters. The lowest BCUT2D eigenvalue weighted by molar-refractivity contribution is 0.589. The van der Waals surface area contributed by atoms with E-state index in [1.807, 2.05) is 25.1 Å². The third-order valence-electron chi connectivity index (χ3n) is 3.64.